The van der Waals surface area contributed by atoms with Gasteiger partial charge in [0.05, 0.1) is 12.8 Å². The average Bonchev–Trinajstić information content (AvgIpc) is 2.65. The Balaban J connectivity index is 1.88. The van der Waals surface area contributed by atoms with Gasteiger partial charge in [-0.15, -0.1) is 0 Å². The number of nitrogens with zero attached hydrogens (tertiary/aromatic N) is 1. The van der Waals surface area contributed by atoms with Crippen molar-refractivity contribution in [3.63, 3.8) is 0 Å². The Kier molecular flexibility index (Phi) is 7.66. The summed E-state index contributed by atoms with van der Waals surface area (Å²) in [5, 5.41) is 4.00. The van der Waals surface area contributed by atoms with Crippen molar-refractivity contribution in [3.8, 4) is 5.75 Å². The van der Waals surface area contributed by atoms with Crippen molar-refractivity contribution < 1.29 is 14.3 Å². The van der Waals surface area contributed by atoms with Gasteiger partial charge in [-0.25, -0.2) is 5.43 Å². The molecule has 0 heterocycles. The molecule has 0 aliphatic rings. The van der Waals surface area contributed by atoms with Gasteiger partial charge in [0.15, 0.2) is 6.10 Å². The summed E-state index contributed by atoms with van der Waals surface area (Å²) in [6, 6.07) is 16.9. The normalized spacial score (nSPS) is 12.1. The van der Waals surface area contributed by atoms with Crippen LogP contribution < -0.4 is 10.2 Å². The molecule has 0 aliphatic carbocycles. The standard InChI is InChI=1S/C20H24N2O3/c1-3-4-14-25-18-12-10-16(11-13-18)15-21-22-20(23)19(24-2)17-8-6-5-7-9-17/h5-13,15,19H,3-4,14H2,1-2H3,(H,22,23). The lowest BCUT2D eigenvalue weighted by atomic mass is 10.1. The first kappa shape index (κ1) is 18.7. The molecule has 2 aromatic rings. The van der Waals surface area contributed by atoms with E-state index in [2.05, 4.69) is 17.5 Å². The van der Waals surface area contributed by atoms with E-state index in [-0.39, 0.29) is 5.91 Å². The number of unbranched alkanes of at least 4 members (excludes halogenated alkanes) is 1. The largest absolute Gasteiger partial charge is 0.494 e. The van der Waals surface area contributed by atoms with Gasteiger partial charge in [-0.05, 0) is 41.8 Å². The summed E-state index contributed by atoms with van der Waals surface area (Å²) in [6.45, 7) is 2.85. The summed E-state index contributed by atoms with van der Waals surface area (Å²) in [4.78, 5) is 12.2. The monoisotopic (exact) mass is 340 g/mol. The quantitative estimate of drug-likeness (QED) is 0.430. The van der Waals surface area contributed by atoms with Crippen LogP contribution >= 0.6 is 0 Å². The topological polar surface area (TPSA) is 59.9 Å². The Bertz CT molecular complexity index is 669. The molecule has 0 bridgehead atoms. The molecule has 0 aromatic heterocycles. The van der Waals surface area contributed by atoms with E-state index in [0.717, 1.165) is 36.3 Å². The molecule has 1 amide bonds. The highest BCUT2D eigenvalue weighted by atomic mass is 16.5. The zero-order chi connectivity index (χ0) is 17.9. The van der Waals surface area contributed by atoms with Crippen LogP contribution in [0.4, 0.5) is 0 Å². The number of carbonyl (C=O) groups is 1. The van der Waals surface area contributed by atoms with Crippen LogP contribution in [-0.2, 0) is 9.53 Å². The molecule has 5 heteroatoms. The third-order valence-corrected chi connectivity index (χ3v) is 3.61. The van der Waals surface area contributed by atoms with E-state index in [4.69, 9.17) is 9.47 Å². The molecule has 2 aromatic carbocycles. The minimum absolute atomic E-state index is 0.315. The molecule has 5 nitrogen and oxygen atoms in total. The fourth-order valence-electron chi connectivity index (χ4n) is 2.24. The van der Waals surface area contributed by atoms with Crippen LogP contribution in [0.2, 0.25) is 0 Å². The van der Waals surface area contributed by atoms with Crippen molar-refractivity contribution in [2.45, 2.75) is 25.9 Å². The molecule has 0 saturated heterocycles. The van der Waals surface area contributed by atoms with Crippen molar-refractivity contribution >= 4 is 12.1 Å². The molecular weight excluding hydrogens is 316 g/mol. The van der Waals surface area contributed by atoms with Gasteiger partial charge in [0.1, 0.15) is 5.75 Å². The van der Waals surface area contributed by atoms with Crippen molar-refractivity contribution in [2.24, 2.45) is 5.10 Å². The molecule has 1 unspecified atom stereocenters. The zero-order valence-corrected chi connectivity index (χ0v) is 14.6. The lowest BCUT2D eigenvalue weighted by Gasteiger charge is -2.13. The molecule has 2 rings (SSSR count). The summed E-state index contributed by atoms with van der Waals surface area (Å²) in [6.07, 6.45) is 3.05. The van der Waals surface area contributed by atoms with Crippen molar-refractivity contribution in [2.75, 3.05) is 13.7 Å². The number of nitrogens with one attached hydrogen (secondary N) is 1. The number of rotatable bonds is 9. The molecule has 0 spiro atoms. The molecule has 0 saturated carbocycles. The number of hydrogen-bond acceptors (Lipinski definition) is 4. The van der Waals surface area contributed by atoms with Crippen LogP contribution in [0.1, 0.15) is 37.0 Å². The van der Waals surface area contributed by atoms with Crippen LogP contribution in [0.3, 0.4) is 0 Å². The molecule has 1 atom stereocenters. The van der Waals surface area contributed by atoms with Crippen LogP contribution in [0.25, 0.3) is 0 Å². The first-order chi connectivity index (χ1) is 12.2. The van der Waals surface area contributed by atoms with Crippen LogP contribution in [0, 0.1) is 0 Å². The first-order valence-corrected chi connectivity index (χ1v) is 8.38. The molecular formula is C20H24N2O3. The third-order valence-electron chi connectivity index (χ3n) is 3.61. The number of ether oxygens (including phenoxy) is 2. The molecule has 1 N–H and O–H groups in total. The van der Waals surface area contributed by atoms with E-state index in [1.165, 1.54) is 7.11 Å². The van der Waals surface area contributed by atoms with Crippen molar-refractivity contribution in [3.05, 3.63) is 65.7 Å². The summed E-state index contributed by atoms with van der Waals surface area (Å²) in [5.41, 5.74) is 4.17. The smallest absolute Gasteiger partial charge is 0.273 e. The summed E-state index contributed by atoms with van der Waals surface area (Å²) < 4.78 is 10.9. The second-order valence-corrected chi connectivity index (χ2v) is 5.53. The number of hydrogen-bond donors (Lipinski definition) is 1. The number of carbonyl (C=O) groups excluding carboxylic acids is 1. The van der Waals surface area contributed by atoms with Gasteiger partial charge in [0.25, 0.3) is 5.91 Å². The molecule has 25 heavy (non-hydrogen) atoms. The molecule has 0 aliphatic heterocycles. The van der Waals surface area contributed by atoms with Crippen LogP contribution in [0.15, 0.2) is 59.7 Å². The molecule has 132 valence electrons. The third kappa shape index (κ3) is 6.04. The first-order valence-electron chi connectivity index (χ1n) is 8.38. The van der Waals surface area contributed by atoms with E-state index in [0.29, 0.717) is 0 Å². The highest BCUT2D eigenvalue weighted by molar-refractivity contribution is 5.85. The maximum atomic E-state index is 12.2. The van der Waals surface area contributed by atoms with Gasteiger partial charge in [-0.3, -0.25) is 4.79 Å². The highest BCUT2D eigenvalue weighted by Crippen LogP contribution is 2.16. The van der Waals surface area contributed by atoms with Crippen molar-refractivity contribution in [1.29, 1.82) is 0 Å². The van der Waals surface area contributed by atoms with E-state index < -0.39 is 6.10 Å². The Morgan fingerprint density at radius 2 is 1.88 bits per heavy atom. The maximum absolute atomic E-state index is 12.2. The molecule has 0 radical (unpaired) electrons. The van der Waals surface area contributed by atoms with Crippen LogP contribution in [-0.4, -0.2) is 25.8 Å². The minimum Gasteiger partial charge on any atom is -0.494 e. The summed E-state index contributed by atoms with van der Waals surface area (Å²) in [5.74, 6) is 0.516. The molecule has 0 fully saturated rings. The SMILES string of the molecule is CCCCOc1ccc(C=NNC(=O)C(OC)c2ccccc2)cc1. The Labute approximate surface area is 148 Å². The second kappa shape index (κ2) is 10.3. The number of methoxy groups -OCH3 is 1. The number of hydrazone groups is 1. The van der Waals surface area contributed by atoms with Gasteiger partial charge >= 0.3 is 0 Å². The Hall–Kier alpha value is -2.66. The zero-order valence-electron chi connectivity index (χ0n) is 14.6. The lowest BCUT2D eigenvalue weighted by Crippen LogP contribution is -2.26. The maximum Gasteiger partial charge on any atom is 0.273 e. The van der Waals surface area contributed by atoms with Crippen LogP contribution in [0.5, 0.6) is 5.75 Å². The number of amides is 1. The van der Waals surface area contributed by atoms with Crippen molar-refractivity contribution in [1.82, 2.24) is 5.43 Å². The highest BCUT2D eigenvalue weighted by Gasteiger charge is 2.18. The average molecular weight is 340 g/mol. The second-order valence-electron chi connectivity index (χ2n) is 5.53. The fraction of sp³-hybridized carbons (Fsp3) is 0.300. The predicted octanol–water partition coefficient (Wildman–Crippen LogP) is 3.70. The van der Waals surface area contributed by atoms with Gasteiger partial charge in [-0.2, -0.15) is 5.10 Å². The van der Waals surface area contributed by atoms with E-state index in [1.54, 1.807) is 6.21 Å². The van der Waals surface area contributed by atoms with E-state index >= 15 is 0 Å². The number of benzene rings is 2. The fourth-order valence-corrected chi connectivity index (χ4v) is 2.24. The minimum atomic E-state index is -0.687. The summed E-state index contributed by atoms with van der Waals surface area (Å²) >= 11 is 0. The van der Waals surface area contributed by atoms with Gasteiger partial charge in [0.2, 0.25) is 0 Å². The lowest BCUT2D eigenvalue weighted by molar-refractivity contribution is -0.131. The Morgan fingerprint density at radius 1 is 1.16 bits per heavy atom. The van der Waals surface area contributed by atoms with E-state index in [9.17, 15) is 4.79 Å². The van der Waals surface area contributed by atoms with E-state index in [1.807, 2.05) is 54.6 Å². The predicted molar refractivity (Wildman–Crippen MR) is 98.8 cm³/mol. The van der Waals surface area contributed by atoms with Gasteiger partial charge in [-0.1, -0.05) is 43.7 Å². The summed E-state index contributed by atoms with van der Waals surface area (Å²) in [7, 11) is 1.50. The van der Waals surface area contributed by atoms with Gasteiger partial charge < -0.3 is 9.47 Å². The van der Waals surface area contributed by atoms with Gasteiger partial charge in [0, 0.05) is 7.11 Å². The Morgan fingerprint density at radius 3 is 2.52 bits per heavy atom.